The number of hydrogen-bond donors (Lipinski definition) is 2. The third-order valence-corrected chi connectivity index (χ3v) is 7.85. The third-order valence-electron chi connectivity index (χ3n) is 6.70. The Labute approximate surface area is 236 Å². The van der Waals surface area contributed by atoms with E-state index in [0.29, 0.717) is 22.9 Å². The molecule has 41 heavy (non-hydrogen) atoms. The molecule has 0 saturated carbocycles. The molecule has 4 amide bonds. The van der Waals surface area contributed by atoms with Crippen LogP contribution in [0.5, 0.6) is 0 Å². The van der Waals surface area contributed by atoms with E-state index in [9.17, 15) is 27.2 Å². The van der Waals surface area contributed by atoms with Crippen LogP contribution in [0.4, 0.5) is 15.0 Å². The van der Waals surface area contributed by atoms with E-state index < -0.39 is 33.3 Å². The second kappa shape index (κ2) is 11.4. The van der Waals surface area contributed by atoms with Crippen LogP contribution in [0.15, 0.2) is 34.7 Å². The summed E-state index contributed by atoms with van der Waals surface area (Å²) >= 11 is 0. The number of imide groups is 1. The summed E-state index contributed by atoms with van der Waals surface area (Å²) in [7, 11) is -3.83. The fraction of sp³-hybridized carbons (Fsp3) is 0.407. The molecule has 14 heteroatoms. The molecule has 2 aromatic heterocycles. The van der Waals surface area contributed by atoms with E-state index >= 15 is 0 Å². The Morgan fingerprint density at radius 2 is 1.90 bits per heavy atom. The number of ether oxygens (including phenoxy) is 1. The first-order valence-corrected chi connectivity index (χ1v) is 14.8. The number of primary amides is 1. The lowest BCUT2D eigenvalue weighted by molar-refractivity contribution is -0.130. The number of nitrogens with zero attached hydrogens (tertiary/aromatic N) is 3. The van der Waals surface area contributed by atoms with E-state index in [1.54, 1.807) is 32.0 Å². The zero-order valence-electron chi connectivity index (χ0n) is 23.2. The summed E-state index contributed by atoms with van der Waals surface area (Å²) < 4.78 is 51.5. The summed E-state index contributed by atoms with van der Waals surface area (Å²) in [5.74, 6) is -1.18. The van der Waals surface area contributed by atoms with E-state index in [0.717, 1.165) is 15.5 Å². The third kappa shape index (κ3) is 6.33. The van der Waals surface area contributed by atoms with Crippen molar-refractivity contribution in [2.75, 3.05) is 36.9 Å². The number of nitrogens with two attached hydrogens (primary N) is 1. The standard InChI is InChI=1S/C27H32FN5O7S/c1-5-17-15-19-21(22(29)34)20(14-16-6-8-18(28)9-7-16)40-24(19)30-23(17)33(41(4,37)38)11-13-39-12-10-32-25(35)27(2,3)31-26(32)36/h6-9,15H,5,10-14H2,1-4H3,(H2,29,34)(H,31,36). The Bertz CT molecular complexity index is 1600. The number of anilines is 1. The summed E-state index contributed by atoms with van der Waals surface area (Å²) in [6, 6.07) is 6.81. The van der Waals surface area contributed by atoms with Crippen molar-refractivity contribution >= 4 is 44.8 Å². The Morgan fingerprint density at radius 1 is 1.22 bits per heavy atom. The van der Waals surface area contributed by atoms with E-state index in [1.165, 1.54) is 12.1 Å². The van der Waals surface area contributed by atoms with E-state index in [2.05, 4.69) is 10.3 Å². The summed E-state index contributed by atoms with van der Waals surface area (Å²) in [5, 5.41) is 2.93. The van der Waals surface area contributed by atoms with Crippen LogP contribution in [0.25, 0.3) is 11.1 Å². The highest BCUT2D eigenvalue weighted by molar-refractivity contribution is 7.92. The van der Waals surface area contributed by atoms with Crippen molar-refractivity contribution in [3.63, 3.8) is 0 Å². The van der Waals surface area contributed by atoms with Crippen LogP contribution in [-0.4, -0.2) is 74.2 Å². The Kier molecular flexibility index (Phi) is 8.36. The number of sulfonamides is 1. The number of halogens is 1. The van der Waals surface area contributed by atoms with Gasteiger partial charge in [-0.05, 0) is 49.6 Å². The molecule has 1 fully saturated rings. The molecule has 3 aromatic rings. The maximum atomic E-state index is 13.4. The number of pyridine rings is 1. The molecule has 220 valence electrons. The fourth-order valence-corrected chi connectivity index (χ4v) is 5.50. The first kappa shape index (κ1) is 29.9. The minimum absolute atomic E-state index is 0.00679. The summed E-state index contributed by atoms with van der Waals surface area (Å²) in [6.07, 6.45) is 1.55. The SMILES string of the molecule is CCc1cc2c(C(N)=O)c(Cc3ccc(F)cc3)oc2nc1N(CCOCCN1C(=O)NC(C)(C)C1=O)S(C)(=O)=O. The zero-order chi connectivity index (χ0) is 30.1. The monoisotopic (exact) mass is 589 g/mol. The van der Waals surface area contributed by atoms with Crippen molar-refractivity contribution in [1.82, 2.24) is 15.2 Å². The number of rotatable bonds is 12. The normalized spacial score (nSPS) is 15.0. The van der Waals surface area contributed by atoms with Crippen LogP contribution in [0, 0.1) is 5.82 Å². The van der Waals surface area contributed by atoms with Crippen LogP contribution >= 0.6 is 0 Å². The summed E-state index contributed by atoms with van der Waals surface area (Å²) in [4.78, 5) is 42.3. The Hall–Kier alpha value is -4.04. The predicted octanol–water partition coefficient (Wildman–Crippen LogP) is 2.33. The molecule has 1 saturated heterocycles. The number of amides is 4. The molecule has 1 aliphatic rings. The molecular formula is C27H32FN5O7S. The number of hydrogen-bond acceptors (Lipinski definition) is 8. The highest BCUT2D eigenvalue weighted by Gasteiger charge is 2.43. The van der Waals surface area contributed by atoms with Crippen LogP contribution in [0.3, 0.4) is 0 Å². The zero-order valence-corrected chi connectivity index (χ0v) is 24.0. The van der Waals surface area contributed by atoms with Crippen LogP contribution < -0.4 is 15.4 Å². The highest BCUT2D eigenvalue weighted by Crippen LogP contribution is 2.32. The Balaban J connectivity index is 1.57. The smallest absolute Gasteiger partial charge is 0.325 e. The number of fused-ring (bicyclic) bond motifs is 1. The minimum Gasteiger partial charge on any atom is -0.441 e. The molecule has 1 aromatic carbocycles. The number of furan rings is 1. The number of nitrogens with one attached hydrogen (secondary N) is 1. The highest BCUT2D eigenvalue weighted by atomic mass is 32.2. The maximum Gasteiger partial charge on any atom is 0.325 e. The van der Waals surface area contributed by atoms with Crippen molar-refractivity contribution in [3.8, 4) is 0 Å². The largest absolute Gasteiger partial charge is 0.441 e. The van der Waals surface area contributed by atoms with E-state index in [1.807, 2.05) is 6.92 Å². The predicted molar refractivity (Wildman–Crippen MR) is 148 cm³/mol. The second-order valence-corrected chi connectivity index (χ2v) is 12.1. The molecule has 3 heterocycles. The van der Waals surface area contributed by atoms with Crippen molar-refractivity contribution in [3.05, 3.63) is 58.6 Å². The lowest BCUT2D eigenvalue weighted by atomic mass is 10.0. The van der Waals surface area contributed by atoms with Gasteiger partial charge in [0.1, 0.15) is 22.9 Å². The number of urea groups is 1. The average Bonchev–Trinajstić information content (AvgIpc) is 3.33. The molecule has 0 spiro atoms. The minimum atomic E-state index is -3.83. The topological polar surface area (TPSA) is 165 Å². The molecule has 12 nitrogen and oxygen atoms in total. The van der Waals surface area contributed by atoms with Gasteiger partial charge in [-0.2, -0.15) is 4.98 Å². The van der Waals surface area contributed by atoms with E-state index in [4.69, 9.17) is 14.9 Å². The van der Waals surface area contributed by atoms with Crippen molar-refractivity contribution < 1.29 is 36.3 Å². The van der Waals surface area contributed by atoms with Gasteiger partial charge >= 0.3 is 6.03 Å². The van der Waals surface area contributed by atoms with Crippen molar-refractivity contribution in [2.24, 2.45) is 5.73 Å². The lowest BCUT2D eigenvalue weighted by Crippen LogP contribution is -2.40. The quantitative estimate of drug-likeness (QED) is 0.240. The Morgan fingerprint density at radius 3 is 2.46 bits per heavy atom. The van der Waals surface area contributed by atoms with Crippen molar-refractivity contribution in [1.29, 1.82) is 0 Å². The molecule has 0 aliphatic carbocycles. The number of aryl methyl sites for hydroxylation is 1. The summed E-state index contributed by atoms with van der Waals surface area (Å²) in [6.45, 7) is 4.87. The van der Waals surface area contributed by atoms with Gasteiger partial charge in [-0.3, -0.25) is 18.8 Å². The van der Waals surface area contributed by atoms with Gasteiger partial charge in [-0.1, -0.05) is 19.1 Å². The number of aromatic nitrogens is 1. The molecule has 4 rings (SSSR count). The fourth-order valence-electron chi connectivity index (χ4n) is 4.62. The average molecular weight is 590 g/mol. The van der Waals surface area contributed by atoms with Gasteiger partial charge in [0, 0.05) is 6.42 Å². The maximum absolute atomic E-state index is 13.4. The molecular weight excluding hydrogens is 557 g/mol. The van der Waals surface area contributed by atoms with Crippen LogP contribution in [-0.2, 0) is 32.4 Å². The first-order chi connectivity index (χ1) is 19.2. The van der Waals surface area contributed by atoms with Gasteiger partial charge in [0.25, 0.3) is 11.8 Å². The van der Waals surface area contributed by atoms with Gasteiger partial charge in [-0.25, -0.2) is 17.6 Å². The van der Waals surface area contributed by atoms with Gasteiger partial charge in [0.05, 0.1) is 43.5 Å². The van der Waals surface area contributed by atoms with Gasteiger partial charge in [0.2, 0.25) is 15.7 Å². The molecule has 0 bridgehead atoms. The number of carbonyl (C=O) groups excluding carboxylic acids is 3. The number of benzene rings is 1. The number of carbonyl (C=O) groups is 3. The molecule has 0 unspecified atom stereocenters. The second-order valence-electron chi connectivity index (χ2n) is 10.2. The van der Waals surface area contributed by atoms with Crippen LogP contribution in [0.1, 0.15) is 48.0 Å². The molecule has 3 N–H and O–H groups in total. The van der Waals surface area contributed by atoms with Gasteiger partial charge in [0.15, 0.2) is 0 Å². The molecule has 1 aliphatic heterocycles. The molecule has 0 radical (unpaired) electrons. The molecule has 0 atom stereocenters. The van der Waals surface area contributed by atoms with E-state index in [-0.39, 0.29) is 61.5 Å². The first-order valence-electron chi connectivity index (χ1n) is 12.9. The summed E-state index contributed by atoms with van der Waals surface area (Å²) in [5.41, 5.74) is 6.03. The van der Waals surface area contributed by atoms with Crippen molar-refractivity contribution in [2.45, 2.75) is 39.2 Å². The lowest BCUT2D eigenvalue weighted by Gasteiger charge is -2.23. The van der Waals surface area contributed by atoms with Gasteiger partial charge < -0.3 is 20.2 Å². The van der Waals surface area contributed by atoms with Gasteiger partial charge in [-0.15, -0.1) is 0 Å². The van der Waals surface area contributed by atoms with Crippen LogP contribution in [0.2, 0.25) is 0 Å².